The molecule has 6 rings (SSSR count). The zero-order valence-electron chi connectivity index (χ0n) is 24.7. The van der Waals surface area contributed by atoms with Gasteiger partial charge in [-0.05, 0) is 68.0 Å². The summed E-state index contributed by atoms with van der Waals surface area (Å²) in [6.07, 6.45) is 3.08. The van der Waals surface area contributed by atoms with Crippen LogP contribution in [0.3, 0.4) is 0 Å². The minimum Gasteiger partial charge on any atom is -0.488 e. The molecule has 0 aliphatic carbocycles. The Morgan fingerprint density at radius 1 is 1.02 bits per heavy atom. The topological polar surface area (TPSA) is 72.3 Å². The van der Waals surface area contributed by atoms with E-state index in [9.17, 15) is 9.59 Å². The number of ether oxygens (including phenoxy) is 2. The van der Waals surface area contributed by atoms with Crippen LogP contribution < -0.4 is 15.0 Å². The average Bonchev–Trinajstić information content (AvgIpc) is 3.56. The number of alkyl halides is 1. The van der Waals surface area contributed by atoms with Gasteiger partial charge in [0.25, 0.3) is 5.91 Å². The molecule has 0 fully saturated rings. The van der Waals surface area contributed by atoms with Crippen LogP contribution in [0.15, 0.2) is 85.2 Å². The number of halogens is 1. The van der Waals surface area contributed by atoms with E-state index in [2.05, 4.69) is 24.4 Å². The van der Waals surface area contributed by atoms with Gasteiger partial charge in [-0.25, -0.2) is 4.79 Å². The molecule has 1 aliphatic rings. The van der Waals surface area contributed by atoms with Gasteiger partial charge in [0.15, 0.2) is 0 Å². The van der Waals surface area contributed by atoms with Crippen LogP contribution in [0, 0.1) is 6.92 Å². The molecule has 3 heterocycles. The monoisotopic (exact) mass is 595 g/mol. The first-order valence-corrected chi connectivity index (χ1v) is 14.9. The highest BCUT2D eigenvalue weighted by Crippen LogP contribution is 2.47. The number of carbonyl (C=O) groups is 2. The number of aromatic nitrogens is 1. The number of aryl methyl sites for hydroxylation is 1. The third-order valence-electron chi connectivity index (χ3n) is 7.61. The molecule has 0 saturated heterocycles. The lowest BCUT2D eigenvalue weighted by Crippen LogP contribution is -2.29. The lowest BCUT2D eigenvalue weighted by Gasteiger charge is -2.20. The summed E-state index contributed by atoms with van der Waals surface area (Å²) >= 11 is 6.53. The molecule has 0 spiro atoms. The van der Waals surface area contributed by atoms with Crippen molar-refractivity contribution in [3.63, 3.8) is 0 Å². The van der Waals surface area contributed by atoms with Gasteiger partial charge in [-0.1, -0.05) is 48.5 Å². The molecule has 2 amide bonds. The van der Waals surface area contributed by atoms with E-state index < -0.39 is 11.7 Å². The summed E-state index contributed by atoms with van der Waals surface area (Å²) in [4.78, 5) is 28.2. The average molecular weight is 596 g/mol. The second-order valence-corrected chi connectivity index (χ2v) is 12.3. The minimum atomic E-state index is -0.605. The molecular formula is C35H34ClN3O4. The maximum Gasteiger partial charge on any atom is 0.412 e. The van der Waals surface area contributed by atoms with E-state index in [0.717, 1.165) is 44.4 Å². The Kier molecular flexibility index (Phi) is 7.52. The van der Waals surface area contributed by atoms with Gasteiger partial charge in [0, 0.05) is 53.4 Å². The van der Waals surface area contributed by atoms with Gasteiger partial charge in [0.05, 0.1) is 11.3 Å². The predicted molar refractivity (Wildman–Crippen MR) is 172 cm³/mol. The number of amides is 2. The zero-order chi connectivity index (χ0) is 30.3. The fourth-order valence-corrected chi connectivity index (χ4v) is 5.99. The van der Waals surface area contributed by atoms with Gasteiger partial charge in [-0.3, -0.25) is 10.1 Å². The first-order valence-electron chi connectivity index (χ1n) is 14.3. The molecule has 0 saturated carbocycles. The van der Waals surface area contributed by atoms with Crippen molar-refractivity contribution in [3.8, 4) is 5.75 Å². The number of hydrogen-bond donors (Lipinski definition) is 1. The van der Waals surface area contributed by atoms with Crippen molar-refractivity contribution in [1.29, 1.82) is 0 Å². The number of nitrogens with one attached hydrogen (secondary N) is 1. The molecular weight excluding hydrogens is 562 g/mol. The Labute approximate surface area is 256 Å². The largest absolute Gasteiger partial charge is 0.488 e. The summed E-state index contributed by atoms with van der Waals surface area (Å²) in [6.45, 7) is 8.42. The normalized spacial score (nSPS) is 14.6. The number of fused-ring (bicyclic) bond motifs is 4. The van der Waals surface area contributed by atoms with Gasteiger partial charge in [0.1, 0.15) is 18.0 Å². The maximum atomic E-state index is 14.1. The third kappa shape index (κ3) is 5.77. The van der Waals surface area contributed by atoms with Crippen molar-refractivity contribution in [2.75, 3.05) is 22.6 Å². The predicted octanol–water partition coefficient (Wildman–Crippen LogP) is 8.31. The summed E-state index contributed by atoms with van der Waals surface area (Å²) in [5.41, 5.74) is 5.36. The zero-order valence-corrected chi connectivity index (χ0v) is 25.4. The molecule has 3 aromatic carbocycles. The number of benzene rings is 3. The van der Waals surface area contributed by atoms with Crippen molar-refractivity contribution in [3.05, 3.63) is 107 Å². The van der Waals surface area contributed by atoms with E-state index in [0.29, 0.717) is 30.3 Å². The van der Waals surface area contributed by atoms with Gasteiger partial charge < -0.3 is 18.8 Å². The second-order valence-electron chi connectivity index (χ2n) is 11.9. The first kappa shape index (κ1) is 28.6. The number of rotatable bonds is 6. The second kappa shape index (κ2) is 11.3. The lowest BCUT2D eigenvalue weighted by atomic mass is 9.92. The Hall–Kier alpha value is -4.49. The molecule has 7 nitrogen and oxygen atoms in total. The molecule has 220 valence electrons. The van der Waals surface area contributed by atoms with Crippen LogP contribution in [-0.2, 0) is 11.3 Å². The fourth-order valence-electron chi connectivity index (χ4n) is 5.74. The number of carbonyl (C=O) groups excluding carboxylic acids is 2. The van der Waals surface area contributed by atoms with Gasteiger partial charge in [-0.15, -0.1) is 11.6 Å². The highest BCUT2D eigenvalue weighted by atomic mass is 35.5. The van der Waals surface area contributed by atoms with Crippen molar-refractivity contribution in [2.45, 2.75) is 45.8 Å². The van der Waals surface area contributed by atoms with Crippen LogP contribution in [0.4, 0.5) is 16.2 Å². The van der Waals surface area contributed by atoms with E-state index in [1.54, 1.807) is 6.07 Å². The summed E-state index contributed by atoms with van der Waals surface area (Å²) in [5, 5.41) is 4.86. The molecule has 1 atom stereocenters. The minimum absolute atomic E-state index is 0.0194. The molecule has 1 N–H and O–H groups in total. The van der Waals surface area contributed by atoms with Gasteiger partial charge >= 0.3 is 6.09 Å². The molecule has 43 heavy (non-hydrogen) atoms. The van der Waals surface area contributed by atoms with E-state index >= 15 is 0 Å². The van der Waals surface area contributed by atoms with Crippen LogP contribution in [0.1, 0.15) is 53.7 Å². The Bertz CT molecular complexity index is 1840. The van der Waals surface area contributed by atoms with Crippen LogP contribution in [0.5, 0.6) is 5.75 Å². The summed E-state index contributed by atoms with van der Waals surface area (Å²) in [7, 11) is 0. The van der Waals surface area contributed by atoms with Crippen molar-refractivity contribution in [2.24, 2.45) is 0 Å². The third-order valence-corrected chi connectivity index (χ3v) is 7.98. The number of anilines is 2. The summed E-state index contributed by atoms with van der Waals surface area (Å²) in [5.74, 6) is 0.978. The molecule has 0 bridgehead atoms. The smallest absolute Gasteiger partial charge is 0.412 e. The molecule has 1 aliphatic heterocycles. The van der Waals surface area contributed by atoms with Crippen LogP contribution in [0.25, 0.3) is 16.3 Å². The highest BCUT2D eigenvalue weighted by Gasteiger charge is 2.36. The number of nitrogens with zero attached hydrogens (tertiary/aromatic N) is 2. The van der Waals surface area contributed by atoms with Gasteiger partial charge in [-0.2, -0.15) is 0 Å². The Balaban J connectivity index is 1.35. The maximum absolute atomic E-state index is 14.1. The summed E-state index contributed by atoms with van der Waals surface area (Å²) in [6, 6.07) is 23.6. The van der Waals surface area contributed by atoms with E-state index in [1.165, 1.54) is 0 Å². The summed E-state index contributed by atoms with van der Waals surface area (Å²) < 4.78 is 13.6. The number of hydrogen-bond acceptors (Lipinski definition) is 4. The van der Waals surface area contributed by atoms with Crippen molar-refractivity contribution in [1.82, 2.24) is 4.40 Å². The molecule has 0 unspecified atom stereocenters. The standard InChI is InChI=1S/C35H34ClN3O4/c1-22-9-8-12-28-30(42-21-23-10-6-5-7-11-23)17-29-32(31(22)28)25(18-36)20-39(29)33(40)24-15-27-16-26(13-14-38(27)19-24)37-34(41)43-35(2,3)4/h5-17,19,25H,18,20-21H2,1-4H3,(H,37,41)/t25-/m1/s1. The van der Waals surface area contributed by atoms with Crippen molar-refractivity contribution < 1.29 is 19.1 Å². The quantitative estimate of drug-likeness (QED) is 0.200. The number of pyridine rings is 1. The Morgan fingerprint density at radius 3 is 2.56 bits per heavy atom. The van der Waals surface area contributed by atoms with E-state index in [4.69, 9.17) is 21.1 Å². The fraction of sp³-hybridized carbons (Fsp3) is 0.257. The van der Waals surface area contributed by atoms with Crippen molar-refractivity contribution >= 4 is 51.3 Å². The SMILES string of the molecule is Cc1cccc2c(OCc3ccccc3)cc3c(c12)[C@H](CCl)CN3C(=O)c1cc2cc(NC(=O)OC(C)(C)C)ccn2c1. The van der Waals surface area contributed by atoms with Crippen LogP contribution in [0.2, 0.25) is 0 Å². The van der Waals surface area contributed by atoms with E-state index in [-0.39, 0.29) is 11.8 Å². The first-order chi connectivity index (χ1) is 20.6. The highest BCUT2D eigenvalue weighted by molar-refractivity contribution is 6.19. The molecule has 8 heteroatoms. The van der Waals surface area contributed by atoms with Crippen LogP contribution >= 0.6 is 11.6 Å². The molecule has 2 aromatic heterocycles. The Morgan fingerprint density at radius 2 is 1.81 bits per heavy atom. The van der Waals surface area contributed by atoms with Crippen LogP contribution in [-0.4, -0.2) is 34.4 Å². The van der Waals surface area contributed by atoms with Gasteiger partial charge in [0.2, 0.25) is 0 Å². The molecule has 0 radical (unpaired) electrons. The lowest BCUT2D eigenvalue weighted by molar-refractivity contribution is 0.0635. The molecule has 5 aromatic rings. The van der Waals surface area contributed by atoms with E-state index in [1.807, 2.05) is 97.1 Å².